The summed E-state index contributed by atoms with van der Waals surface area (Å²) < 4.78 is 0.141. The molecule has 0 spiro atoms. The second-order valence-electron chi connectivity index (χ2n) is 10.7. The van der Waals surface area contributed by atoms with Gasteiger partial charge in [-0.05, 0) is 18.9 Å². The molecule has 7 heteroatoms. The van der Waals surface area contributed by atoms with Crippen molar-refractivity contribution in [1.82, 2.24) is 0 Å². The first kappa shape index (κ1) is 35.1. The van der Waals surface area contributed by atoms with Crippen LogP contribution >= 0.6 is 0 Å². The molecule has 0 fully saturated rings. The first-order valence-electron chi connectivity index (χ1n) is 14.9. The van der Waals surface area contributed by atoms with Crippen LogP contribution in [0.15, 0.2) is 12.2 Å². The number of unbranched alkanes of at least 4 members (excludes halogenated alkanes) is 16. The lowest BCUT2D eigenvalue weighted by Gasteiger charge is -2.37. The zero-order valence-electron chi connectivity index (χ0n) is 23.6. The summed E-state index contributed by atoms with van der Waals surface area (Å²) in [7, 11) is 0. The monoisotopic (exact) mass is 525 g/mol. The molecular weight excluding hydrogens is 470 g/mol. The lowest BCUT2D eigenvalue weighted by atomic mass is 10.0. The van der Waals surface area contributed by atoms with Crippen molar-refractivity contribution in [2.75, 3.05) is 26.2 Å². The number of aliphatic carboxylic acids is 3. The van der Waals surface area contributed by atoms with E-state index in [1.807, 2.05) is 6.08 Å². The lowest BCUT2D eigenvalue weighted by molar-refractivity contribution is -0.921. The van der Waals surface area contributed by atoms with Gasteiger partial charge in [0.2, 0.25) is 0 Å². The second-order valence-corrected chi connectivity index (χ2v) is 10.7. The third-order valence-electron chi connectivity index (χ3n) is 7.27. The number of hydrogen-bond acceptors (Lipinski definition) is 4. The van der Waals surface area contributed by atoms with Crippen molar-refractivity contribution >= 4 is 17.9 Å². The minimum Gasteiger partial charge on any atom is -0.550 e. The molecule has 0 aromatic rings. The molecule has 0 aliphatic carbocycles. The van der Waals surface area contributed by atoms with E-state index in [-0.39, 0.29) is 43.4 Å². The molecule has 0 aliphatic heterocycles. The van der Waals surface area contributed by atoms with Crippen LogP contribution in [0.2, 0.25) is 0 Å². The van der Waals surface area contributed by atoms with Gasteiger partial charge in [-0.2, -0.15) is 0 Å². The van der Waals surface area contributed by atoms with E-state index in [0.29, 0.717) is 6.54 Å². The zero-order chi connectivity index (χ0) is 27.6. The van der Waals surface area contributed by atoms with Crippen LogP contribution in [0.5, 0.6) is 0 Å². The van der Waals surface area contributed by atoms with Crippen molar-refractivity contribution in [2.45, 2.75) is 135 Å². The highest BCUT2D eigenvalue weighted by atomic mass is 16.4. The third kappa shape index (κ3) is 24.2. The fraction of sp³-hybridized carbons (Fsp3) is 0.833. The van der Waals surface area contributed by atoms with Crippen molar-refractivity contribution in [3.63, 3.8) is 0 Å². The van der Waals surface area contributed by atoms with Gasteiger partial charge in [0.05, 0.1) is 39.0 Å². The number of quaternary nitrogens is 1. The Hall–Kier alpha value is -1.89. The Labute approximate surface area is 225 Å². The van der Waals surface area contributed by atoms with E-state index < -0.39 is 17.9 Å². The minimum atomic E-state index is -1.20. The topological polar surface area (TPSA) is 115 Å². The quantitative estimate of drug-likeness (QED) is 0.0724. The molecule has 2 N–H and O–H groups in total. The minimum absolute atomic E-state index is 0.125. The maximum absolute atomic E-state index is 11.1. The molecule has 0 atom stereocenters. The summed E-state index contributed by atoms with van der Waals surface area (Å²) in [5.41, 5.74) is 0. The highest BCUT2D eigenvalue weighted by Gasteiger charge is 2.27. The van der Waals surface area contributed by atoms with Gasteiger partial charge in [0, 0.05) is 12.4 Å². The second kappa shape index (κ2) is 24.4. The fourth-order valence-electron chi connectivity index (χ4n) is 4.83. The molecule has 37 heavy (non-hydrogen) atoms. The van der Waals surface area contributed by atoms with Crippen LogP contribution in [0, 0.1) is 0 Å². The molecule has 0 rings (SSSR count). The average Bonchev–Trinajstić information content (AvgIpc) is 2.85. The van der Waals surface area contributed by atoms with Crippen molar-refractivity contribution in [2.24, 2.45) is 0 Å². The largest absolute Gasteiger partial charge is 0.550 e. The molecule has 0 radical (unpaired) electrons. The average molecular weight is 526 g/mol. The molecule has 0 bridgehead atoms. The van der Waals surface area contributed by atoms with E-state index in [4.69, 9.17) is 10.2 Å². The Bertz CT molecular complexity index is 574. The number of allylic oxidation sites excluding steroid dienone is 1. The molecule has 0 saturated heterocycles. The third-order valence-corrected chi connectivity index (χ3v) is 7.27. The highest BCUT2D eigenvalue weighted by molar-refractivity contribution is 5.67. The van der Waals surface area contributed by atoms with E-state index in [1.165, 1.54) is 96.3 Å². The van der Waals surface area contributed by atoms with Crippen molar-refractivity contribution in [3.8, 4) is 0 Å². The molecule has 0 amide bonds. The summed E-state index contributed by atoms with van der Waals surface area (Å²) in [6, 6.07) is 0. The molecule has 216 valence electrons. The molecule has 0 aliphatic rings. The normalized spacial score (nSPS) is 11.8. The Kier molecular flexibility index (Phi) is 23.2. The number of carboxylic acids is 3. The van der Waals surface area contributed by atoms with Gasteiger partial charge >= 0.3 is 11.9 Å². The zero-order valence-corrected chi connectivity index (χ0v) is 23.6. The van der Waals surface area contributed by atoms with Gasteiger partial charge in [-0.3, -0.25) is 9.59 Å². The summed E-state index contributed by atoms with van der Waals surface area (Å²) in [4.78, 5) is 33.2. The summed E-state index contributed by atoms with van der Waals surface area (Å²) in [5, 5.41) is 29.2. The van der Waals surface area contributed by atoms with Crippen LogP contribution in [0.3, 0.4) is 0 Å². The number of carbonyl (C=O) groups is 3. The molecule has 0 aromatic heterocycles. The SMILES string of the molecule is CCCCCCCCCCCCCCCCCC/C=C/C[N+](CCC(=O)[O-])(CCC(=O)O)CCC(=O)O. The van der Waals surface area contributed by atoms with Crippen LogP contribution in [0.4, 0.5) is 0 Å². The lowest BCUT2D eigenvalue weighted by Crippen LogP contribution is -2.52. The predicted molar refractivity (Wildman–Crippen MR) is 147 cm³/mol. The smallest absolute Gasteiger partial charge is 0.309 e. The standard InChI is InChI=1S/C30H55NO6/c1-2-3-4-5-6-7-8-9-10-11-12-13-14-15-16-17-18-19-20-24-31(25-21-28(32)33,26-22-29(34)35)27-23-30(36)37/h19-20H,2-18,21-27H2,1H3,(H2-,32,33,34,35,36,37)/b20-19+. The van der Waals surface area contributed by atoms with E-state index in [9.17, 15) is 19.5 Å². The van der Waals surface area contributed by atoms with E-state index >= 15 is 0 Å². The van der Waals surface area contributed by atoms with Gasteiger partial charge in [-0.15, -0.1) is 0 Å². The van der Waals surface area contributed by atoms with E-state index in [1.54, 1.807) is 0 Å². The first-order valence-corrected chi connectivity index (χ1v) is 14.9. The maximum atomic E-state index is 11.1. The first-order chi connectivity index (χ1) is 17.8. The van der Waals surface area contributed by atoms with E-state index in [0.717, 1.165) is 12.8 Å². The number of hydrogen-bond donors (Lipinski definition) is 2. The van der Waals surface area contributed by atoms with Gasteiger partial charge in [0.25, 0.3) is 0 Å². The fourth-order valence-corrected chi connectivity index (χ4v) is 4.83. The number of nitrogens with zero attached hydrogens (tertiary/aromatic N) is 1. The summed E-state index contributed by atoms with van der Waals surface area (Å²) >= 11 is 0. The Morgan fingerprint density at radius 1 is 0.595 bits per heavy atom. The van der Waals surface area contributed by atoms with Crippen LogP contribution in [-0.2, 0) is 14.4 Å². The van der Waals surface area contributed by atoms with Crippen LogP contribution in [-0.4, -0.2) is 58.8 Å². The Morgan fingerprint density at radius 3 is 1.35 bits per heavy atom. The molecule has 7 nitrogen and oxygen atoms in total. The number of carbonyl (C=O) groups excluding carboxylic acids is 1. The van der Waals surface area contributed by atoms with Crippen LogP contribution in [0.25, 0.3) is 0 Å². The Balaban J connectivity index is 4.00. The van der Waals surface area contributed by atoms with Gasteiger partial charge < -0.3 is 24.6 Å². The van der Waals surface area contributed by atoms with Gasteiger partial charge in [-0.1, -0.05) is 109 Å². The molecular formula is C30H55NO6. The van der Waals surface area contributed by atoms with Crippen LogP contribution < -0.4 is 5.11 Å². The van der Waals surface area contributed by atoms with Crippen molar-refractivity contribution in [3.05, 3.63) is 12.2 Å². The van der Waals surface area contributed by atoms with Gasteiger partial charge in [-0.25, -0.2) is 0 Å². The molecule has 0 saturated carbocycles. The van der Waals surface area contributed by atoms with Gasteiger partial charge in [0.1, 0.15) is 0 Å². The van der Waals surface area contributed by atoms with Crippen LogP contribution in [0.1, 0.15) is 135 Å². The Morgan fingerprint density at radius 2 is 0.973 bits per heavy atom. The molecule has 0 aromatic carbocycles. The molecule has 0 heterocycles. The van der Waals surface area contributed by atoms with Crippen molar-refractivity contribution in [1.29, 1.82) is 0 Å². The maximum Gasteiger partial charge on any atom is 0.309 e. The van der Waals surface area contributed by atoms with Crippen molar-refractivity contribution < 1.29 is 34.2 Å². The summed E-state index contributed by atoms with van der Waals surface area (Å²) in [5.74, 6) is -3.14. The number of rotatable bonds is 28. The molecule has 0 unspecified atom stereocenters. The summed E-state index contributed by atoms with van der Waals surface area (Å²) in [6.45, 7) is 3.29. The highest BCUT2D eigenvalue weighted by Crippen LogP contribution is 2.15. The van der Waals surface area contributed by atoms with E-state index in [2.05, 4.69) is 13.0 Å². The predicted octanol–water partition coefficient (Wildman–Crippen LogP) is 6.10. The number of carboxylic acid groups (broad SMARTS) is 3. The van der Waals surface area contributed by atoms with Gasteiger partial charge in [0.15, 0.2) is 0 Å². The summed E-state index contributed by atoms with van der Waals surface area (Å²) in [6.07, 6.45) is 25.8.